The average Bonchev–Trinajstić information content (AvgIpc) is 2.37. The van der Waals surface area contributed by atoms with Gasteiger partial charge in [0.15, 0.2) is 5.96 Å². The van der Waals surface area contributed by atoms with E-state index >= 15 is 0 Å². The van der Waals surface area contributed by atoms with Crippen LogP contribution >= 0.6 is 35.6 Å². The molecule has 5 heteroatoms. The molecule has 0 aliphatic rings. The van der Waals surface area contributed by atoms with Crippen molar-refractivity contribution >= 4 is 41.5 Å². The van der Waals surface area contributed by atoms with Gasteiger partial charge in [-0.2, -0.15) is 0 Å². The number of guanidine groups is 1. The highest BCUT2D eigenvalue weighted by Gasteiger charge is 2.19. The summed E-state index contributed by atoms with van der Waals surface area (Å²) in [5, 5.41) is 0.782. The van der Waals surface area contributed by atoms with E-state index in [1.807, 2.05) is 18.2 Å². The van der Waals surface area contributed by atoms with Crippen LogP contribution in [0.3, 0.4) is 0 Å². The molecular weight excluding hydrogens is 397 g/mol. The van der Waals surface area contributed by atoms with Crippen molar-refractivity contribution in [3.05, 3.63) is 34.9 Å². The van der Waals surface area contributed by atoms with Crippen molar-refractivity contribution in [1.29, 1.82) is 0 Å². The fourth-order valence-corrected chi connectivity index (χ4v) is 2.41. The van der Waals surface area contributed by atoms with Gasteiger partial charge in [0, 0.05) is 24.7 Å². The highest BCUT2D eigenvalue weighted by atomic mass is 127. The number of benzene rings is 1. The van der Waals surface area contributed by atoms with Gasteiger partial charge in [-0.1, -0.05) is 37.6 Å². The Kier molecular flexibility index (Phi) is 9.29. The maximum Gasteiger partial charge on any atom is 0.191 e. The summed E-state index contributed by atoms with van der Waals surface area (Å²) in [5.41, 5.74) is 7.31. The lowest BCUT2D eigenvalue weighted by Gasteiger charge is -2.25. The number of hydrogen-bond donors (Lipinski definition) is 1. The van der Waals surface area contributed by atoms with Gasteiger partial charge >= 0.3 is 0 Å². The molecule has 1 aromatic rings. The second kappa shape index (κ2) is 9.51. The Morgan fingerprint density at radius 2 is 1.90 bits per heavy atom. The van der Waals surface area contributed by atoms with Crippen LogP contribution in [0.5, 0.6) is 0 Å². The molecule has 0 aliphatic heterocycles. The second-order valence-corrected chi connectivity index (χ2v) is 6.25. The van der Waals surface area contributed by atoms with Gasteiger partial charge in [0.05, 0.1) is 0 Å². The zero-order valence-corrected chi connectivity index (χ0v) is 16.5. The van der Waals surface area contributed by atoms with Gasteiger partial charge in [0.1, 0.15) is 0 Å². The first-order valence-corrected chi connectivity index (χ1v) is 7.55. The summed E-state index contributed by atoms with van der Waals surface area (Å²) in [6, 6.07) is 8.00. The van der Waals surface area contributed by atoms with Crippen LogP contribution in [0.25, 0.3) is 0 Å². The smallest absolute Gasteiger partial charge is 0.191 e. The van der Waals surface area contributed by atoms with Gasteiger partial charge in [-0.25, -0.2) is 0 Å². The number of halogens is 2. The molecule has 0 fully saturated rings. The molecule has 3 nitrogen and oxygen atoms in total. The number of aliphatic imine (C=N–C) groups is 1. The predicted octanol–water partition coefficient (Wildman–Crippen LogP) is 4.18. The summed E-state index contributed by atoms with van der Waals surface area (Å²) in [6.45, 7) is 11.1. The van der Waals surface area contributed by atoms with E-state index in [-0.39, 0.29) is 29.4 Å². The summed E-state index contributed by atoms with van der Waals surface area (Å²) >= 11 is 6.03. The molecule has 0 bridgehead atoms. The summed E-state index contributed by atoms with van der Waals surface area (Å²) < 4.78 is 0. The molecule has 2 N–H and O–H groups in total. The van der Waals surface area contributed by atoms with Crippen LogP contribution in [0.1, 0.15) is 33.3 Å². The van der Waals surface area contributed by atoms with Crippen molar-refractivity contribution < 1.29 is 0 Å². The van der Waals surface area contributed by atoms with Crippen molar-refractivity contribution in [2.24, 2.45) is 16.1 Å². The lowest BCUT2D eigenvalue weighted by atomic mass is 9.86. The molecule has 0 spiro atoms. The number of nitrogens with two attached hydrogens (primary N) is 1. The Labute approximate surface area is 151 Å². The normalized spacial score (nSPS) is 12.0. The second-order valence-electron chi connectivity index (χ2n) is 5.82. The molecule has 0 unspecified atom stereocenters. The molecule has 0 atom stereocenters. The molecule has 0 aliphatic carbocycles. The molecule has 0 saturated heterocycles. The van der Waals surface area contributed by atoms with Gasteiger partial charge in [0.2, 0.25) is 0 Å². The van der Waals surface area contributed by atoms with Crippen LogP contribution in [0, 0.1) is 5.41 Å². The largest absolute Gasteiger partial charge is 0.370 e. The van der Waals surface area contributed by atoms with E-state index in [4.69, 9.17) is 17.3 Å². The fourth-order valence-electron chi connectivity index (χ4n) is 2.20. The maximum atomic E-state index is 6.03. The van der Waals surface area contributed by atoms with E-state index in [0.29, 0.717) is 12.5 Å². The van der Waals surface area contributed by atoms with Crippen molar-refractivity contribution in [3.63, 3.8) is 0 Å². The van der Waals surface area contributed by atoms with E-state index in [1.165, 1.54) is 5.56 Å². The lowest BCUT2D eigenvalue weighted by Crippen LogP contribution is -2.38. The van der Waals surface area contributed by atoms with Crippen LogP contribution in [0.4, 0.5) is 0 Å². The monoisotopic (exact) mass is 423 g/mol. The van der Waals surface area contributed by atoms with Crippen LogP contribution in [-0.2, 0) is 6.42 Å². The van der Waals surface area contributed by atoms with Crippen molar-refractivity contribution in [1.82, 2.24) is 4.90 Å². The van der Waals surface area contributed by atoms with Gasteiger partial charge < -0.3 is 10.6 Å². The van der Waals surface area contributed by atoms with Crippen LogP contribution in [0.15, 0.2) is 29.3 Å². The molecule has 0 radical (unpaired) electrons. The Morgan fingerprint density at radius 3 is 2.43 bits per heavy atom. The third kappa shape index (κ3) is 7.36. The summed E-state index contributed by atoms with van der Waals surface area (Å²) in [6.07, 6.45) is 0.933. The molecule has 1 rings (SSSR count). The minimum absolute atomic E-state index is 0. The molecule has 0 heterocycles. The molecule has 0 aromatic heterocycles. The van der Waals surface area contributed by atoms with Crippen molar-refractivity contribution in [2.45, 2.75) is 34.1 Å². The van der Waals surface area contributed by atoms with E-state index in [1.54, 1.807) is 0 Å². The third-order valence-electron chi connectivity index (χ3n) is 3.33. The Hall–Kier alpha value is -0.490. The molecule has 0 amide bonds. The Morgan fingerprint density at radius 1 is 1.29 bits per heavy atom. The van der Waals surface area contributed by atoms with Crippen LogP contribution in [0.2, 0.25) is 5.02 Å². The van der Waals surface area contributed by atoms with Gasteiger partial charge in [-0.05, 0) is 43.4 Å². The quantitative estimate of drug-likeness (QED) is 0.423. The Balaban J connectivity index is 0.00000400. The van der Waals surface area contributed by atoms with Gasteiger partial charge in [-0.15, -0.1) is 24.0 Å². The molecular formula is C16H27ClIN3. The van der Waals surface area contributed by atoms with Crippen molar-refractivity contribution in [2.75, 3.05) is 19.6 Å². The molecule has 120 valence electrons. The first kappa shape index (κ1) is 20.5. The highest BCUT2D eigenvalue weighted by Crippen LogP contribution is 2.24. The van der Waals surface area contributed by atoms with Crippen molar-refractivity contribution in [3.8, 4) is 0 Å². The first-order valence-electron chi connectivity index (χ1n) is 7.17. The summed E-state index contributed by atoms with van der Waals surface area (Å²) in [4.78, 5) is 6.61. The van der Waals surface area contributed by atoms with E-state index < -0.39 is 0 Å². The average molecular weight is 424 g/mol. The summed E-state index contributed by atoms with van der Waals surface area (Å²) in [7, 11) is 0. The summed E-state index contributed by atoms with van der Waals surface area (Å²) in [5.74, 6) is 0.633. The standard InChI is InChI=1S/C16H26ClN3.HI/c1-5-20(6-2)15(18)19-12-16(3,4)11-13-8-7-9-14(17)10-13;/h7-10H,5-6,11-12H2,1-4H3,(H2,18,19);1H. The highest BCUT2D eigenvalue weighted by molar-refractivity contribution is 14.0. The molecule has 21 heavy (non-hydrogen) atoms. The van der Waals surface area contributed by atoms with E-state index in [9.17, 15) is 0 Å². The van der Waals surface area contributed by atoms with Crippen LogP contribution in [-0.4, -0.2) is 30.5 Å². The fraction of sp³-hybridized carbons (Fsp3) is 0.562. The Bertz CT molecular complexity index is 457. The van der Waals surface area contributed by atoms with Gasteiger partial charge in [0.25, 0.3) is 0 Å². The van der Waals surface area contributed by atoms with E-state index in [0.717, 1.165) is 24.5 Å². The predicted molar refractivity (Wildman–Crippen MR) is 104 cm³/mol. The number of nitrogens with zero attached hydrogens (tertiary/aromatic N) is 2. The maximum absolute atomic E-state index is 6.03. The molecule has 0 saturated carbocycles. The lowest BCUT2D eigenvalue weighted by molar-refractivity contribution is 0.372. The zero-order valence-electron chi connectivity index (χ0n) is 13.4. The van der Waals surface area contributed by atoms with Crippen LogP contribution < -0.4 is 5.73 Å². The molecule has 1 aromatic carbocycles. The van der Waals surface area contributed by atoms with E-state index in [2.05, 4.69) is 43.7 Å². The minimum atomic E-state index is 0. The number of hydrogen-bond acceptors (Lipinski definition) is 1. The zero-order chi connectivity index (χ0) is 15.2. The topological polar surface area (TPSA) is 41.6 Å². The van der Waals surface area contributed by atoms with Gasteiger partial charge in [-0.3, -0.25) is 4.99 Å². The number of rotatable bonds is 6. The SMILES string of the molecule is CCN(CC)C(N)=NCC(C)(C)Cc1cccc(Cl)c1.I. The first-order chi connectivity index (χ1) is 9.38. The third-order valence-corrected chi connectivity index (χ3v) is 3.56. The minimum Gasteiger partial charge on any atom is -0.370 e.